The first kappa shape index (κ1) is 25.9. The van der Waals surface area contributed by atoms with Crippen molar-refractivity contribution < 1.29 is 22.7 Å². The summed E-state index contributed by atoms with van der Waals surface area (Å²) in [6.07, 6.45) is 4.68. The average Bonchev–Trinajstić information content (AvgIpc) is 2.79. The number of sulfone groups is 1. The van der Waals surface area contributed by atoms with E-state index in [2.05, 4.69) is 15.3 Å². The minimum atomic E-state index is -3.64. The van der Waals surface area contributed by atoms with Crippen molar-refractivity contribution in [2.45, 2.75) is 82.4 Å². The molecule has 1 fully saturated rings. The number of aromatic nitrogens is 2. The van der Waals surface area contributed by atoms with E-state index in [0.717, 1.165) is 11.8 Å². The van der Waals surface area contributed by atoms with Gasteiger partial charge in [0.2, 0.25) is 15.0 Å². The van der Waals surface area contributed by atoms with Gasteiger partial charge in [-0.2, -0.15) is 0 Å². The van der Waals surface area contributed by atoms with E-state index in [1.165, 1.54) is 6.20 Å². The van der Waals surface area contributed by atoms with E-state index in [4.69, 9.17) is 4.74 Å². The zero-order valence-corrected chi connectivity index (χ0v) is 21.9. The summed E-state index contributed by atoms with van der Waals surface area (Å²) >= 11 is 0. The number of carbonyl (C=O) groups excluding carboxylic acids is 2. The van der Waals surface area contributed by atoms with E-state index < -0.39 is 21.5 Å². The summed E-state index contributed by atoms with van der Waals surface area (Å²) in [5.74, 6) is 0.350. The molecule has 0 spiro atoms. The summed E-state index contributed by atoms with van der Waals surface area (Å²) in [6.45, 7) is 6.16. The third kappa shape index (κ3) is 6.13. The van der Waals surface area contributed by atoms with Gasteiger partial charge < -0.3 is 15.0 Å². The molecule has 1 N–H and O–H groups in total. The largest absolute Gasteiger partial charge is 0.444 e. The molecule has 0 saturated heterocycles. The van der Waals surface area contributed by atoms with E-state index in [0.29, 0.717) is 50.2 Å². The molecule has 2 aromatic rings. The summed E-state index contributed by atoms with van der Waals surface area (Å²) in [5, 5.41) is 2.62. The van der Waals surface area contributed by atoms with E-state index in [9.17, 15) is 18.0 Å². The van der Waals surface area contributed by atoms with Crippen LogP contribution in [-0.4, -0.2) is 59.4 Å². The number of rotatable bonds is 5. The second-order valence-corrected chi connectivity index (χ2v) is 12.3. The Labute approximate surface area is 212 Å². The lowest BCUT2D eigenvalue weighted by Crippen LogP contribution is -2.54. The van der Waals surface area contributed by atoms with Gasteiger partial charge in [-0.15, -0.1) is 0 Å². The molecule has 1 aromatic heterocycles. The van der Waals surface area contributed by atoms with Crippen LogP contribution in [0.2, 0.25) is 0 Å². The first-order valence-corrected chi connectivity index (χ1v) is 14.0. The molecule has 36 heavy (non-hydrogen) atoms. The van der Waals surface area contributed by atoms with Crippen molar-refractivity contribution in [2.24, 2.45) is 0 Å². The van der Waals surface area contributed by atoms with E-state index in [-0.39, 0.29) is 23.3 Å². The minimum absolute atomic E-state index is 0.0622. The van der Waals surface area contributed by atoms with Crippen molar-refractivity contribution in [1.29, 1.82) is 0 Å². The quantitative estimate of drug-likeness (QED) is 0.603. The van der Waals surface area contributed by atoms with Crippen LogP contribution in [0.5, 0.6) is 0 Å². The molecule has 3 amide bonds. The Hall–Kier alpha value is -3.21. The van der Waals surface area contributed by atoms with E-state index >= 15 is 0 Å². The summed E-state index contributed by atoms with van der Waals surface area (Å²) in [7, 11) is -3.64. The Morgan fingerprint density at radius 3 is 2.42 bits per heavy atom. The van der Waals surface area contributed by atoms with E-state index in [1.807, 2.05) is 51.1 Å². The van der Waals surface area contributed by atoms with Gasteiger partial charge >= 0.3 is 12.1 Å². The first-order chi connectivity index (χ1) is 16.9. The molecule has 11 heteroatoms. The molecule has 2 heterocycles. The molecule has 194 valence electrons. The maximum absolute atomic E-state index is 13.7. The van der Waals surface area contributed by atoms with Gasteiger partial charge in [-0.3, -0.25) is 4.90 Å². The van der Waals surface area contributed by atoms with E-state index in [1.54, 1.807) is 9.80 Å². The summed E-state index contributed by atoms with van der Waals surface area (Å²) in [5.41, 5.74) is 1.12. The molecular weight excluding hydrogens is 482 g/mol. The first-order valence-electron chi connectivity index (χ1n) is 12.1. The zero-order valence-electron chi connectivity index (χ0n) is 21.1. The monoisotopic (exact) mass is 515 g/mol. The molecule has 10 nitrogen and oxygen atoms in total. The number of alkyl carbamates (subject to hydrolysis) is 1. The van der Waals surface area contributed by atoms with Gasteiger partial charge in [0.05, 0.1) is 6.54 Å². The van der Waals surface area contributed by atoms with Crippen LogP contribution in [0.3, 0.4) is 0 Å². The van der Waals surface area contributed by atoms with Crippen LogP contribution < -0.4 is 10.2 Å². The smallest absolute Gasteiger partial charge is 0.407 e. The number of benzene rings is 1. The van der Waals surface area contributed by atoms with Crippen LogP contribution in [-0.2, 0) is 27.7 Å². The Kier molecular flexibility index (Phi) is 7.21. The van der Waals surface area contributed by atoms with Gasteiger partial charge in [0.1, 0.15) is 11.4 Å². The number of carbonyl (C=O) groups is 2. The maximum atomic E-state index is 13.7. The number of urea groups is 1. The van der Waals surface area contributed by atoms with Crippen molar-refractivity contribution in [2.75, 3.05) is 11.2 Å². The van der Waals surface area contributed by atoms with Crippen molar-refractivity contribution in [3.63, 3.8) is 0 Å². The Balaban J connectivity index is 1.56. The fourth-order valence-corrected chi connectivity index (χ4v) is 5.10. The molecule has 1 aliphatic heterocycles. The highest BCUT2D eigenvalue weighted by Crippen LogP contribution is 2.34. The number of nitrogens with zero attached hydrogens (tertiary/aromatic N) is 4. The highest BCUT2D eigenvalue weighted by atomic mass is 32.2. The topological polar surface area (TPSA) is 122 Å². The number of anilines is 1. The van der Waals surface area contributed by atoms with Gasteiger partial charge in [0.15, 0.2) is 0 Å². The summed E-state index contributed by atoms with van der Waals surface area (Å²) in [4.78, 5) is 37.7. The molecule has 4 rings (SSSR count). The number of hydrogen-bond donors (Lipinski definition) is 1. The molecule has 1 saturated carbocycles. The predicted molar refractivity (Wildman–Crippen MR) is 134 cm³/mol. The molecular formula is C25H33N5O5S. The van der Waals surface area contributed by atoms with Crippen LogP contribution in [0.1, 0.15) is 57.6 Å². The van der Waals surface area contributed by atoms with Crippen LogP contribution in [0.15, 0.2) is 41.7 Å². The normalized spacial score (nSPS) is 20.6. The van der Waals surface area contributed by atoms with Gasteiger partial charge in [-0.25, -0.2) is 28.0 Å². The third-order valence-electron chi connectivity index (χ3n) is 6.22. The molecule has 0 unspecified atom stereocenters. The Bertz CT molecular complexity index is 1220. The van der Waals surface area contributed by atoms with Crippen molar-refractivity contribution >= 4 is 27.8 Å². The molecule has 0 radical (unpaired) electrons. The van der Waals surface area contributed by atoms with Crippen molar-refractivity contribution in [3.8, 4) is 0 Å². The minimum Gasteiger partial charge on any atom is -0.444 e. The second kappa shape index (κ2) is 10.0. The molecule has 2 aliphatic rings. The highest BCUT2D eigenvalue weighted by molar-refractivity contribution is 7.90. The standard InChI is InChI=1S/C25H33N5O5S/c1-25(2,3)35-23(31)27-19-10-12-20(13-11-19)30-21-18(14-26-22(28-21)36(4,33)34)16-29(24(30)32)15-17-8-6-5-7-9-17/h5-9,14,19-20H,10-13,15-16H2,1-4H3,(H,27,31). The number of hydrogen-bond acceptors (Lipinski definition) is 7. The molecule has 0 bridgehead atoms. The lowest BCUT2D eigenvalue weighted by atomic mass is 9.89. The van der Waals surface area contributed by atoms with Gasteiger partial charge in [-0.05, 0) is 52.0 Å². The van der Waals surface area contributed by atoms with Gasteiger partial charge in [-0.1, -0.05) is 30.3 Å². The highest BCUT2D eigenvalue weighted by Gasteiger charge is 2.39. The number of fused-ring (bicyclic) bond motifs is 1. The fraction of sp³-hybridized carbons (Fsp3) is 0.520. The summed E-state index contributed by atoms with van der Waals surface area (Å²) < 4.78 is 29.7. The molecule has 0 atom stereocenters. The van der Waals surface area contributed by atoms with Crippen LogP contribution in [0.4, 0.5) is 15.4 Å². The lowest BCUT2D eigenvalue weighted by Gasteiger charge is -2.42. The predicted octanol–water partition coefficient (Wildman–Crippen LogP) is 3.66. The fourth-order valence-electron chi connectivity index (χ4n) is 4.61. The Morgan fingerprint density at radius 1 is 1.14 bits per heavy atom. The second-order valence-electron chi connectivity index (χ2n) is 10.4. The number of amides is 3. The molecule has 1 aromatic carbocycles. The van der Waals surface area contributed by atoms with Gasteiger partial charge in [0, 0.05) is 36.6 Å². The lowest BCUT2D eigenvalue weighted by molar-refractivity contribution is 0.0490. The Morgan fingerprint density at radius 2 is 1.81 bits per heavy atom. The van der Waals surface area contributed by atoms with Gasteiger partial charge in [0.25, 0.3) is 0 Å². The molecule has 1 aliphatic carbocycles. The number of nitrogens with one attached hydrogen (secondary N) is 1. The average molecular weight is 516 g/mol. The maximum Gasteiger partial charge on any atom is 0.407 e. The van der Waals surface area contributed by atoms with Crippen LogP contribution in [0.25, 0.3) is 0 Å². The van der Waals surface area contributed by atoms with Crippen LogP contribution >= 0.6 is 0 Å². The summed E-state index contributed by atoms with van der Waals surface area (Å²) in [6, 6.07) is 9.24. The van der Waals surface area contributed by atoms with Crippen molar-refractivity contribution in [3.05, 3.63) is 47.7 Å². The SMILES string of the molecule is CC(C)(C)OC(=O)NC1CCC(N2C(=O)N(Cc3ccccc3)Cc3cnc(S(C)(=O)=O)nc32)CC1. The third-order valence-corrected chi connectivity index (χ3v) is 7.08. The van der Waals surface area contributed by atoms with Crippen LogP contribution in [0, 0.1) is 0 Å². The zero-order chi connectivity index (χ0) is 26.1. The number of ether oxygens (including phenoxy) is 1. The van der Waals surface area contributed by atoms with Crippen molar-refractivity contribution in [1.82, 2.24) is 20.2 Å².